The van der Waals surface area contributed by atoms with Crippen LogP contribution < -0.4 is 0 Å². The summed E-state index contributed by atoms with van der Waals surface area (Å²) < 4.78 is 5.58. The number of fused-ring (bicyclic) bond motifs is 3. The molecule has 0 radical (unpaired) electrons. The maximum atomic E-state index is 5.58. The molecule has 0 saturated carbocycles. The number of rotatable bonds is 3. The Morgan fingerprint density at radius 3 is 2.60 bits per heavy atom. The molecule has 6 rings (SSSR count). The average Bonchev–Trinajstić information content (AvgIpc) is 3.47. The van der Waals surface area contributed by atoms with Crippen LogP contribution in [0.1, 0.15) is 16.9 Å². The molecule has 0 amide bonds. The summed E-state index contributed by atoms with van der Waals surface area (Å²) in [5, 5.41) is 12.3. The van der Waals surface area contributed by atoms with E-state index in [2.05, 4.69) is 44.6 Å². The van der Waals surface area contributed by atoms with E-state index < -0.39 is 0 Å². The molecule has 144 valence electrons. The van der Waals surface area contributed by atoms with Gasteiger partial charge in [0.05, 0.1) is 17.0 Å². The van der Waals surface area contributed by atoms with E-state index in [-0.39, 0.29) is 0 Å². The average molecular weight is 390 g/mol. The highest BCUT2D eigenvalue weighted by Gasteiger charge is 2.29. The highest BCUT2D eigenvalue weighted by atomic mass is 16.5. The molecule has 0 atom stereocenters. The smallest absolute Gasteiger partial charge is 0.143 e. The fourth-order valence-corrected chi connectivity index (χ4v) is 4.30. The maximum Gasteiger partial charge on any atom is 0.143 e. The molecule has 0 unspecified atom stereocenters. The lowest BCUT2D eigenvalue weighted by Gasteiger charge is -2.05. The first-order valence-corrected chi connectivity index (χ1v) is 9.92. The van der Waals surface area contributed by atoms with Gasteiger partial charge in [-0.3, -0.25) is 10.1 Å². The van der Waals surface area contributed by atoms with Crippen LogP contribution in [0.2, 0.25) is 0 Å². The second-order valence-corrected chi connectivity index (χ2v) is 7.54. The van der Waals surface area contributed by atoms with E-state index in [9.17, 15) is 0 Å². The topological polar surface area (TPSA) is 67.6 Å². The lowest BCUT2D eigenvalue weighted by Crippen LogP contribution is -1.90. The van der Waals surface area contributed by atoms with Crippen LogP contribution in [0.15, 0.2) is 77.6 Å². The fraction of sp³-hybridized carbons (Fsp3) is 0.0800. The Morgan fingerprint density at radius 2 is 1.77 bits per heavy atom. The monoisotopic (exact) mass is 390 g/mol. The summed E-state index contributed by atoms with van der Waals surface area (Å²) in [7, 11) is 0. The molecule has 1 aliphatic carbocycles. The minimum Gasteiger partial charge on any atom is -0.360 e. The van der Waals surface area contributed by atoms with E-state index in [1.807, 2.05) is 49.5 Å². The van der Waals surface area contributed by atoms with Crippen LogP contribution in [0.3, 0.4) is 0 Å². The van der Waals surface area contributed by atoms with Gasteiger partial charge in [-0.05, 0) is 29.7 Å². The van der Waals surface area contributed by atoms with Gasteiger partial charge in [0.2, 0.25) is 0 Å². The normalized spacial score (nSPS) is 12.0. The number of hydrogen-bond donors (Lipinski definition) is 1. The zero-order valence-electron chi connectivity index (χ0n) is 16.4. The van der Waals surface area contributed by atoms with Crippen LogP contribution in [0, 0.1) is 6.92 Å². The molecule has 0 bridgehead atoms. The molecule has 0 saturated heterocycles. The van der Waals surface area contributed by atoms with Gasteiger partial charge in [-0.25, -0.2) is 0 Å². The molecule has 1 N–H and O–H groups in total. The van der Waals surface area contributed by atoms with Gasteiger partial charge in [0.1, 0.15) is 11.5 Å². The summed E-state index contributed by atoms with van der Waals surface area (Å²) in [6.45, 7) is 1.95. The fourth-order valence-electron chi connectivity index (χ4n) is 4.30. The number of nitrogens with one attached hydrogen (secondary N) is 1. The van der Waals surface area contributed by atoms with Crippen LogP contribution in [0.4, 0.5) is 0 Å². The molecule has 5 aromatic rings. The molecule has 1 aliphatic rings. The van der Waals surface area contributed by atoms with Crippen molar-refractivity contribution in [2.75, 3.05) is 0 Å². The number of aromatic nitrogens is 4. The van der Waals surface area contributed by atoms with Crippen molar-refractivity contribution in [1.29, 1.82) is 0 Å². The number of nitrogens with zero attached hydrogens (tertiary/aromatic N) is 3. The van der Waals surface area contributed by atoms with Crippen molar-refractivity contribution in [2.24, 2.45) is 0 Å². The third kappa shape index (κ3) is 2.52. The van der Waals surface area contributed by atoms with Crippen molar-refractivity contribution < 1.29 is 4.52 Å². The van der Waals surface area contributed by atoms with Crippen LogP contribution in [-0.2, 0) is 6.42 Å². The number of aryl methyl sites for hydroxylation is 1. The van der Waals surface area contributed by atoms with Crippen molar-refractivity contribution >= 4 is 0 Å². The second-order valence-electron chi connectivity index (χ2n) is 7.54. The number of pyridine rings is 1. The quantitative estimate of drug-likeness (QED) is 0.422. The molecule has 2 aromatic carbocycles. The van der Waals surface area contributed by atoms with Gasteiger partial charge in [0.15, 0.2) is 0 Å². The van der Waals surface area contributed by atoms with Gasteiger partial charge in [-0.15, -0.1) is 0 Å². The third-order valence-corrected chi connectivity index (χ3v) is 5.75. The molecule has 5 heteroatoms. The highest BCUT2D eigenvalue weighted by molar-refractivity contribution is 5.88. The van der Waals surface area contributed by atoms with Gasteiger partial charge < -0.3 is 4.52 Å². The summed E-state index contributed by atoms with van der Waals surface area (Å²) >= 11 is 0. The first kappa shape index (κ1) is 16.9. The van der Waals surface area contributed by atoms with Crippen molar-refractivity contribution in [3.05, 3.63) is 89.9 Å². The molecule has 3 heterocycles. The number of H-pyrrole nitrogens is 1. The first-order chi connectivity index (χ1) is 14.8. The Hall–Kier alpha value is -3.99. The second kappa shape index (κ2) is 6.52. The van der Waals surface area contributed by atoms with E-state index >= 15 is 0 Å². The van der Waals surface area contributed by atoms with E-state index in [0.717, 1.165) is 46.0 Å². The number of hydrogen-bond acceptors (Lipinski definition) is 4. The van der Waals surface area contributed by atoms with Crippen LogP contribution in [0.25, 0.3) is 44.9 Å². The summed E-state index contributed by atoms with van der Waals surface area (Å²) in [5.41, 5.74) is 10.8. The first-order valence-electron chi connectivity index (χ1n) is 9.92. The molecular formula is C25H18N4O. The minimum absolute atomic E-state index is 0.785. The minimum atomic E-state index is 0.785. The zero-order chi connectivity index (χ0) is 20.1. The summed E-state index contributed by atoms with van der Waals surface area (Å²) in [4.78, 5) is 4.25. The summed E-state index contributed by atoms with van der Waals surface area (Å²) in [5.74, 6) is 0.785. The van der Waals surface area contributed by atoms with Gasteiger partial charge >= 0.3 is 0 Å². The third-order valence-electron chi connectivity index (χ3n) is 5.75. The number of aromatic amines is 1. The molecule has 0 fully saturated rings. The van der Waals surface area contributed by atoms with E-state index in [1.54, 1.807) is 6.20 Å². The molecule has 5 nitrogen and oxygen atoms in total. The van der Waals surface area contributed by atoms with Crippen LogP contribution in [-0.4, -0.2) is 20.3 Å². The predicted molar refractivity (Wildman–Crippen MR) is 116 cm³/mol. The Kier molecular flexibility index (Phi) is 3.68. The maximum absolute atomic E-state index is 5.58. The largest absolute Gasteiger partial charge is 0.360 e. The van der Waals surface area contributed by atoms with Crippen molar-refractivity contribution in [3.8, 4) is 44.9 Å². The van der Waals surface area contributed by atoms with E-state index in [4.69, 9.17) is 4.52 Å². The standard InChI is InChI=1S/C25H18N4O/c1-15-22(23(29-30-15)16-6-3-2-4-7-16)25-21-13-19-12-17(18-8-5-11-26-14-18)9-10-20(19)24(21)27-28-25/h2-12,14H,13H2,1H3,(H,27,28). The lowest BCUT2D eigenvalue weighted by molar-refractivity contribution is 0.400. The highest BCUT2D eigenvalue weighted by Crippen LogP contribution is 2.44. The Labute approximate surface area is 173 Å². The van der Waals surface area contributed by atoms with E-state index in [1.165, 1.54) is 22.3 Å². The zero-order valence-corrected chi connectivity index (χ0v) is 16.4. The van der Waals surface area contributed by atoms with Gasteiger partial charge in [0, 0.05) is 35.5 Å². The predicted octanol–water partition coefficient (Wildman–Crippen LogP) is 5.67. The SMILES string of the molecule is Cc1onc(-c2ccccc2)c1-c1[nH]nc2c1Cc1cc(-c3cccnc3)ccc1-2. The molecular weight excluding hydrogens is 372 g/mol. The summed E-state index contributed by atoms with van der Waals surface area (Å²) in [6, 6.07) is 20.7. The van der Waals surface area contributed by atoms with Crippen LogP contribution >= 0.6 is 0 Å². The lowest BCUT2D eigenvalue weighted by atomic mass is 9.99. The van der Waals surface area contributed by atoms with Gasteiger partial charge in [-0.1, -0.05) is 59.8 Å². The summed E-state index contributed by atoms with van der Waals surface area (Å²) in [6.07, 6.45) is 4.52. The van der Waals surface area contributed by atoms with Crippen molar-refractivity contribution in [2.45, 2.75) is 13.3 Å². The molecule has 30 heavy (non-hydrogen) atoms. The van der Waals surface area contributed by atoms with Crippen molar-refractivity contribution in [1.82, 2.24) is 20.3 Å². The Balaban J connectivity index is 1.45. The Morgan fingerprint density at radius 1 is 0.900 bits per heavy atom. The van der Waals surface area contributed by atoms with E-state index in [0.29, 0.717) is 0 Å². The number of benzene rings is 2. The molecule has 3 aromatic heterocycles. The van der Waals surface area contributed by atoms with Crippen molar-refractivity contribution in [3.63, 3.8) is 0 Å². The van der Waals surface area contributed by atoms with Gasteiger partial charge in [-0.2, -0.15) is 5.10 Å². The Bertz CT molecular complexity index is 1370. The molecule has 0 spiro atoms. The molecule has 0 aliphatic heterocycles. The van der Waals surface area contributed by atoms with Crippen LogP contribution in [0.5, 0.6) is 0 Å². The van der Waals surface area contributed by atoms with Gasteiger partial charge in [0.25, 0.3) is 0 Å².